The summed E-state index contributed by atoms with van der Waals surface area (Å²) in [7, 11) is 0. The quantitative estimate of drug-likeness (QED) is 0.0593. The first kappa shape index (κ1) is 35.8. The average molecular weight is 623 g/mol. The van der Waals surface area contributed by atoms with Gasteiger partial charge in [-0.15, -0.1) is 0 Å². The number of hydrogen-bond donors (Lipinski definition) is 0. The van der Waals surface area contributed by atoms with Crippen LogP contribution in [0.15, 0.2) is 60.7 Å². The van der Waals surface area contributed by atoms with Gasteiger partial charge in [-0.2, -0.15) is 0 Å². The average Bonchev–Trinajstić information content (AvgIpc) is 4.00. The van der Waals surface area contributed by atoms with Gasteiger partial charge < -0.3 is 18.9 Å². The van der Waals surface area contributed by atoms with Crippen LogP contribution in [0.2, 0.25) is 0 Å². The lowest BCUT2D eigenvalue weighted by Gasteiger charge is -2.48. The fourth-order valence-corrected chi connectivity index (χ4v) is 6.89. The molecule has 0 aliphatic carbocycles. The fraction of sp³-hybridized carbons (Fsp3) is 0.700. The summed E-state index contributed by atoms with van der Waals surface area (Å²) >= 11 is 0. The van der Waals surface area contributed by atoms with Crippen LogP contribution in [0.25, 0.3) is 0 Å². The lowest BCUT2D eigenvalue weighted by Crippen LogP contribution is -2.64. The SMILES string of the molecule is CCCCCCCCCC(Oc1ccccc1)(OC(CCCCCCCCC)(Oc1ccccc1)C1(CC)CO1)C1(CC)CO1. The van der Waals surface area contributed by atoms with E-state index >= 15 is 0 Å². The van der Waals surface area contributed by atoms with Gasteiger partial charge >= 0.3 is 0 Å². The molecule has 2 aromatic rings. The van der Waals surface area contributed by atoms with E-state index in [1.807, 2.05) is 60.7 Å². The summed E-state index contributed by atoms with van der Waals surface area (Å²) in [6.45, 7) is 10.2. The van der Waals surface area contributed by atoms with Crippen LogP contribution < -0.4 is 9.47 Å². The van der Waals surface area contributed by atoms with Crippen LogP contribution in [0.5, 0.6) is 11.5 Å². The molecule has 252 valence electrons. The normalized spacial score (nSPS) is 23.2. The van der Waals surface area contributed by atoms with Crippen molar-refractivity contribution in [2.75, 3.05) is 13.2 Å². The van der Waals surface area contributed by atoms with E-state index in [1.54, 1.807) is 0 Å². The summed E-state index contributed by atoms with van der Waals surface area (Å²) in [4.78, 5) is 0. The topological polar surface area (TPSA) is 52.8 Å². The predicted octanol–water partition coefficient (Wildman–Crippen LogP) is 11.2. The second kappa shape index (κ2) is 17.7. The summed E-state index contributed by atoms with van der Waals surface area (Å²) in [5.74, 6) is -0.432. The monoisotopic (exact) mass is 622 g/mol. The van der Waals surface area contributed by atoms with E-state index in [1.165, 1.54) is 64.2 Å². The highest BCUT2D eigenvalue weighted by atomic mass is 16.8. The molecule has 2 saturated heterocycles. The van der Waals surface area contributed by atoms with E-state index in [9.17, 15) is 0 Å². The molecule has 2 aliphatic heterocycles. The highest BCUT2D eigenvalue weighted by Gasteiger charge is 2.72. The highest BCUT2D eigenvalue weighted by molar-refractivity contribution is 5.26. The molecule has 5 heteroatoms. The van der Waals surface area contributed by atoms with Crippen LogP contribution in [0.1, 0.15) is 143 Å². The summed E-state index contributed by atoms with van der Waals surface area (Å²) < 4.78 is 34.7. The van der Waals surface area contributed by atoms with E-state index in [0.717, 1.165) is 62.9 Å². The Balaban J connectivity index is 1.68. The number of ether oxygens (including phenoxy) is 5. The molecule has 2 aromatic carbocycles. The number of benzene rings is 2. The van der Waals surface area contributed by atoms with E-state index in [4.69, 9.17) is 23.7 Å². The molecule has 4 atom stereocenters. The molecule has 0 N–H and O–H groups in total. The Kier molecular flexibility index (Phi) is 14.1. The fourth-order valence-electron chi connectivity index (χ4n) is 6.89. The van der Waals surface area contributed by atoms with Crippen LogP contribution in [-0.2, 0) is 14.2 Å². The van der Waals surface area contributed by atoms with Gasteiger partial charge in [-0.25, -0.2) is 0 Å². The summed E-state index contributed by atoms with van der Waals surface area (Å²) in [5.41, 5.74) is -1.08. The minimum Gasteiger partial charge on any atom is -0.459 e. The van der Waals surface area contributed by atoms with Crippen molar-refractivity contribution in [3.8, 4) is 11.5 Å². The summed E-state index contributed by atoms with van der Waals surface area (Å²) in [6.07, 6.45) is 20.2. The maximum atomic E-state index is 7.67. The van der Waals surface area contributed by atoms with Gasteiger partial charge in [0.25, 0.3) is 0 Å². The second-order valence-corrected chi connectivity index (χ2v) is 13.5. The number of para-hydroxylation sites is 2. The molecule has 2 aliphatic rings. The molecule has 2 fully saturated rings. The van der Waals surface area contributed by atoms with Crippen LogP contribution in [0, 0.1) is 0 Å². The third-order valence-corrected chi connectivity index (χ3v) is 10.1. The molecular formula is C40H62O5. The first-order valence-corrected chi connectivity index (χ1v) is 18.5. The van der Waals surface area contributed by atoms with Crippen LogP contribution in [0.3, 0.4) is 0 Å². The minimum absolute atomic E-state index is 0.541. The number of unbranched alkanes of at least 4 members (excludes halogenated alkanes) is 12. The highest BCUT2D eigenvalue weighted by Crippen LogP contribution is 2.55. The standard InChI is InChI=1S/C40H62O5/c1-5-9-11-13-15-17-25-31-39(37(7-3)33-41-37,43-35-27-21-19-22-28-35)45-40(38(8-4)34-42-38,44-36-29-23-20-24-30-36)32-26-18-16-14-12-10-6-2/h19-24,27-30H,5-18,25-26,31-34H2,1-4H3. The van der Waals surface area contributed by atoms with E-state index in [-0.39, 0.29) is 0 Å². The maximum absolute atomic E-state index is 7.67. The zero-order chi connectivity index (χ0) is 31.9. The summed E-state index contributed by atoms with van der Waals surface area (Å²) in [6, 6.07) is 20.3. The smallest absolute Gasteiger partial charge is 0.245 e. The van der Waals surface area contributed by atoms with Gasteiger partial charge in [0, 0.05) is 12.8 Å². The Bertz CT molecular complexity index is 981. The Morgan fingerprint density at radius 1 is 0.511 bits per heavy atom. The molecule has 45 heavy (non-hydrogen) atoms. The Morgan fingerprint density at radius 2 is 0.844 bits per heavy atom. The Labute approximate surface area is 274 Å². The van der Waals surface area contributed by atoms with Crippen LogP contribution >= 0.6 is 0 Å². The van der Waals surface area contributed by atoms with E-state index in [2.05, 4.69) is 27.7 Å². The van der Waals surface area contributed by atoms with Gasteiger partial charge in [0.05, 0.1) is 13.2 Å². The van der Waals surface area contributed by atoms with Gasteiger partial charge in [0.2, 0.25) is 11.6 Å². The van der Waals surface area contributed by atoms with Crippen molar-refractivity contribution in [2.24, 2.45) is 0 Å². The third kappa shape index (κ3) is 9.49. The minimum atomic E-state index is -1.02. The van der Waals surface area contributed by atoms with Gasteiger partial charge in [-0.05, 0) is 49.9 Å². The third-order valence-electron chi connectivity index (χ3n) is 10.1. The molecule has 0 aromatic heterocycles. The van der Waals surface area contributed by atoms with Crippen LogP contribution in [-0.4, -0.2) is 36.0 Å². The van der Waals surface area contributed by atoms with Crippen molar-refractivity contribution >= 4 is 0 Å². The molecule has 4 unspecified atom stereocenters. The first-order valence-electron chi connectivity index (χ1n) is 18.5. The van der Waals surface area contributed by atoms with Gasteiger partial charge in [0.1, 0.15) is 11.5 Å². The molecule has 0 bridgehead atoms. The number of hydrogen-bond acceptors (Lipinski definition) is 5. The number of rotatable bonds is 26. The Morgan fingerprint density at radius 3 is 1.16 bits per heavy atom. The first-order chi connectivity index (χ1) is 22.0. The molecule has 2 heterocycles. The zero-order valence-electron chi connectivity index (χ0n) is 29.0. The predicted molar refractivity (Wildman–Crippen MR) is 184 cm³/mol. The van der Waals surface area contributed by atoms with E-state index < -0.39 is 22.8 Å². The lowest BCUT2D eigenvalue weighted by molar-refractivity contribution is -0.356. The van der Waals surface area contributed by atoms with Crippen molar-refractivity contribution in [1.29, 1.82) is 0 Å². The molecule has 0 saturated carbocycles. The van der Waals surface area contributed by atoms with Crippen molar-refractivity contribution < 1.29 is 23.7 Å². The maximum Gasteiger partial charge on any atom is 0.245 e. The van der Waals surface area contributed by atoms with Crippen molar-refractivity contribution in [3.05, 3.63) is 60.7 Å². The van der Waals surface area contributed by atoms with Crippen LogP contribution in [0.4, 0.5) is 0 Å². The molecule has 0 radical (unpaired) electrons. The zero-order valence-corrected chi connectivity index (χ0v) is 29.0. The summed E-state index contributed by atoms with van der Waals surface area (Å²) in [5, 5.41) is 0. The second-order valence-electron chi connectivity index (χ2n) is 13.5. The molecule has 0 amide bonds. The molecule has 4 rings (SSSR count). The van der Waals surface area contributed by atoms with Crippen molar-refractivity contribution in [1.82, 2.24) is 0 Å². The van der Waals surface area contributed by atoms with Crippen molar-refractivity contribution in [2.45, 2.75) is 166 Å². The molecule has 0 spiro atoms. The van der Waals surface area contributed by atoms with Crippen molar-refractivity contribution in [3.63, 3.8) is 0 Å². The number of epoxide rings is 2. The van der Waals surface area contributed by atoms with Gasteiger partial charge in [0.15, 0.2) is 11.2 Å². The Hall–Kier alpha value is -2.08. The van der Waals surface area contributed by atoms with Gasteiger partial charge in [-0.1, -0.05) is 141 Å². The molecule has 5 nitrogen and oxygen atoms in total. The lowest BCUT2D eigenvalue weighted by atomic mass is 9.86. The van der Waals surface area contributed by atoms with Gasteiger partial charge in [-0.3, -0.25) is 4.74 Å². The largest absolute Gasteiger partial charge is 0.459 e. The van der Waals surface area contributed by atoms with E-state index in [0.29, 0.717) is 13.2 Å². The molecular weight excluding hydrogens is 560 g/mol.